The van der Waals surface area contributed by atoms with E-state index in [2.05, 4.69) is 20.7 Å². The van der Waals surface area contributed by atoms with Gasteiger partial charge in [-0.1, -0.05) is 11.6 Å². The van der Waals surface area contributed by atoms with Crippen molar-refractivity contribution in [2.24, 2.45) is 0 Å². The summed E-state index contributed by atoms with van der Waals surface area (Å²) in [5.74, 6) is -1.15. The van der Waals surface area contributed by atoms with Crippen LogP contribution in [0, 0.1) is 0 Å². The number of amides is 1. The van der Waals surface area contributed by atoms with Crippen molar-refractivity contribution in [1.29, 1.82) is 0 Å². The molecule has 1 amide bonds. The van der Waals surface area contributed by atoms with E-state index in [1.807, 2.05) is 0 Å². The van der Waals surface area contributed by atoms with Crippen LogP contribution in [0.1, 0.15) is 16.8 Å². The van der Waals surface area contributed by atoms with Crippen LogP contribution in [-0.2, 0) is 14.3 Å². The Morgan fingerprint density at radius 2 is 2.11 bits per heavy atom. The van der Waals surface area contributed by atoms with Gasteiger partial charge in [-0.25, -0.2) is 4.79 Å². The molecule has 1 fully saturated rings. The SMILES string of the molecule is COC(=O)c1cc(Br)c(Cl)cc1N1CC(=O)CC1=O. The quantitative estimate of drug-likeness (QED) is 0.608. The molecule has 0 aromatic heterocycles. The van der Waals surface area contributed by atoms with Gasteiger partial charge in [0, 0.05) is 4.47 Å². The van der Waals surface area contributed by atoms with Crippen LogP contribution in [0.3, 0.4) is 0 Å². The molecule has 100 valence electrons. The Morgan fingerprint density at radius 3 is 2.63 bits per heavy atom. The number of halogens is 2. The molecule has 2 rings (SSSR count). The fraction of sp³-hybridized carbons (Fsp3) is 0.250. The number of carbonyl (C=O) groups excluding carboxylic acids is 3. The Morgan fingerprint density at radius 1 is 1.42 bits per heavy atom. The fourth-order valence-electron chi connectivity index (χ4n) is 1.84. The number of hydrogen-bond donors (Lipinski definition) is 0. The number of ether oxygens (including phenoxy) is 1. The molecule has 1 heterocycles. The highest BCUT2D eigenvalue weighted by molar-refractivity contribution is 9.10. The highest BCUT2D eigenvalue weighted by Gasteiger charge is 2.32. The van der Waals surface area contributed by atoms with Crippen molar-refractivity contribution in [2.75, 3.05) is 18.6 Å². The topological polar surface area (TPSA) is 63.7 Å². The number of carbonyl (C=O) groups is 3. The molecule has 0 saturated carbocycles. The van der Waals surface area contributed by atoms with E-state index in [0.29, 0.717) is 9.50 Å². The van der Waals surface area contributed by atoms with Crippen LogP contribution in [-0.4, -0.2) is 31.3 Å². The second-order valence-electron chi connectivity index (χ2n) is 3.97. The third-order valence-corrected chi connectivity index (χ3v) is 3.92. The molecule has 0 aliphatic carbocycles. The van der Waals surface area contributed by atoms with E-state index in [-0.39, 0.29) is 35.9 Å². The number of ketones is 1. The summed E-state index contributed by atoms with van der Waals surface area (Å²) in [5.41, 5.74) is 0.470. The number of rotatable bonds is 2. The zero-order chi connectivity index (χ0) is 14.2. The van der Waals surface area contributed by atoms with Crippen molar-refractivity contribution in [3.63, 3.8) is 0 Å². The van der Waals surface area contributed by atoms with E-state index < -0.39 is 5.97 Å². The first-order chi connectivity index (χ1) is 8.93. The lowest BCUT2D eigenvalue weighted by atomic mass is 10.1. The smallest absolute Gasteiger partial charge is 0.340 e. The molecule has 7 heteroatoms. The number of Topliss-reactive ketones (excluding diaryl/α,β-unsaturated/α-hetero) is 1. The molecule has 1 aliphatic rings. The summed E-state index contributed by atoms with van der Waals surface area (Å²) in [6.07, 6.45) is -0.158. The molecule has 0 spiro atoms. The summed E-state index contributed by atoms with van der Waals surface area (Å²) in [5, 5.41) is 0.342. The van der Waals surface area contributed by atoms with E-state index in [0.717, 1.165) is 0 Å². The maximum absolute atomic E-state index is 11.7. The summed E-state index contributed by atoms with van der Waals surface area (Å²) in [4.78, 5) is 36.0. The van der Waals surface area contributed by atoms with Gasteiger partial charge in [0.2, 0.25) is 5.91 Å². The Hall–Kier alpha value is -1.40. The van der Waals surface area contributed by atoms with Gasteiger partial charge in [0.15, 0.2) is 5.78 Å². The lowest BCUT2D eigenvalue weighted by Gasteiger charge is -2.18. The predicted molar refractivity (Wildman–Crippen MR) is 72.5 cm³/mol. The van der Waals surface area contributed by atoms with Crippen molar-refractivity contribution < 1.29 is 19.1 Å². The minimum atomic E-state index is -0.598. The van der Waals surface area contributed by atoms with Gasteiger partial charge in [0.1, 0.15) is 0 Å². The average molecular weight is 347 g/mol. The monoisotopic (exact) mass is 345 g/mol. The van der Waals surface area contributed by atoms with Gasteiger partial charge in [0.25, 0.3) is 0 Å². The molecular weight excluding hydrogens is 337 g/mol. The molecule has 0 unspecified atom stereocenters. The first kappa shape index (κ1) is 14.0. The molecule has 0 bridgehead atoms. The summed E-state index contributed by atoms with van der Waals surface area (Å²) in [6, 6.07) is 2.94. The molecule has 1 aromatic rings. The molecule has 5 nitrogen and oxygen atoms in total. The van der Waals surface area contributed by atoms with E-state index in [4.69, 9.17) is 11.6 Å². The number of anilines is 1. The van der Waals surface area contributed by atoms with Crippen LogP contribution in [0.25, 0.3) is 0 Å². The molecular formula is C12H9BrClNO4. The van der Waals surface area contributed by atoms with E-state index >= 15 is 0 Å². The van der Waals surface area contributed by atoms with Crippen LogP contribution >= 0.6 is 27.5 Å². The van der Waals surface area contributed by atoms with Crippen molar-refractivity contribution in [2.45, 2.75) is 6.42 Å². The third-order valence-electron chi connectivity index (χ3n) is 2.72. The van der Waals surface area contributed by atoms with E-state index in [9.17, 15) is 14.4 Å². The van der Waals surface area contributed by atoms with Crippen molar-refractivity contribution in [1.82, 2.24) is 0 Å². The maximum atomic E-state index is 11.7. The molecule has 0 radical (unpaired) electrons. The molecule has 0 atom stereocenters. The number of hydrogen-bond acceptors (Lipinski definition) is 4. The summed E-state index contributed by atoms with van der Waals surface area (Å²) >= 11 is 9.18. The maximum Gasteiger partial charge on any atom is 0.340 e. The Kier molecular flexibility index (Phi) is 3.91. The zero-order valence-corrected chi connectivity index (χ0v) is 12.2. The van der Waals surface area contributed by atoms with Gasteiger partial charge < -0.3 is 9.64 Å². The van der Waals surface area contributed by atoms with Gasteiger partial charge in [-0.2, -0.15) is 0 Å². The highest BCUT2D eigenvalue weighted by Crippen LogP contribution is 2.33. The average Bonchev–Trinajstić information content (AvgIpc) is 2.70. The van der Waals surface area contributed by atoms with Gasteiger partial charge in [-0.15, -0.1) is 0 Å². The van der Waals surface area contributed by atoms with Crippen molar-refractivity contribution in [3.8, 4) is 0 Å². The van der Waals surface area contributed by atoms with Crippen molar-refractivity contribution in [3.05, 3.63) is 27.2 Å². The van der Waals surface area contributed by atoms with Crippen LogP contribution in [0.5, 0.6) is 0 Å². The lowest BCUT2D eigenvalue weighted by Crippen LogP contribution is -2.26. The Balaban J connectivity index is 2.55. The van der Waals surface area contributed by atoms with Crippen LogP contribution < -0.4 is 4.90 Å². The Bertz CT molecular complexity index is 587. The molecule has 1 saturated heterocycles. The second-order valence-corrected chi connectivity index (χ2v) is 5.23. The van der Waals surface area contributed by atoms with Crippen LogP contribution in [0.4, 0.5) is 5.69 Å². The van der Waals surface area contributed by atoms with Gasteiger partial charge in [-0.05, 0) is 28.1 Å². The summed E-state index contributed by atoms with van der Waals surface area (Å²) < 4.78 is 5.18. The number of benzene rings is 1. The van der Waals surface area contributed by atoms with E-state index in [1.54, 1.807) is 0 Å². The Labute approximate surface area is 122 Å². The minimum Gasteiger partial charge on any atom is -0.465 e. The molecule has 1 aliphatic heterocycles. The highest BCUT2D eigenvalue weighted by atomic mass is 79.9. The standard InChI is InChI=1S/C12H9BrClNO4/c1-19-12(18)7-3-8(13)9(14)4-10(7)15-5-6(16)2-11(15)17/h3-4H,2,5H2,1H3. The zero-order valence-electron chi connectivity index (χ0n) is 9.91. The number of esters is 1. The predicted octanol–water partition coefficient (Wildman–Crippen LogP) is 2.19. The second kappa shape index (κ2) is 5.30. The minimum absolute atomic E-state index is 0.0548. The normalized spacial score (nSPS) is 15.0. The van der Waals surface area contributed by atoms with Gasteiger partial charge >= 0.3 is 5.97 Å². The van der Waals surface area contributed by atoms with Crippen LogP contribution in [0.2, 0.25) is 5.02 Å². The van der Waals surface area contributed by atoms with Gasteiger partial charge in [0.05, 0.1) is 36.3 Å². The summed E-state index contributed by atoms with van der Waals surface area (Å²) in [7, 11) is 1.24. The molecule has 19 heavy (non-hydrogen) atoms. The summed E-state index contributed by atoms with van der Waals surface area (Å²) in [6.45, 7) is -0.0548. The van der Waals surface area contributed by atoms with Crippen LogP contribution in [0.15, 0.2) is 16.6 Å². The van der Waals surface area contributed by atoms with E-state index in [1.165, 1.54) is 24.1 Å². The fourth-order valence-corrected chi connectivity index (χ4v) is 2.34. The first-order valence-electron chi connectivity index (χ1n) is 5.33. The molecule has 0 N–H and O–H groups in total. The molecule has 1 aromatic carbocycles. The van der Waals surface area contributed by atoms with Gasteiger partial charge in [-0.3, -0.25) is 9.59 Å². The van der Waals surface area contributed by atoms with Crippen molar-refractivity contribution >= 4 is 50.9 Å². The lowest BCUT2D eigenvalue weighted by molar-refractivity contribution is -0.121. The largest absolute Gasteiger partial charge is 0.465 e. The number of nitrogens with zero attached hydrogens (tertiary/aromatic N) is 1. The first-order valence-corrected chi connectivity index (χ1v) is 6.50. The third kappa shape index (κ3) is 2.64. The number of methoxy groups -OCH3 is 1.